The summed E-state index contributed by atoms with van der Waals surface area (Å²) in [5, 5.41) is 4.23. The topological polar surface area (TPSA) is 111 Å². The molecule has 6 rings (SSSR count). The van der Waals surface area contributed by atoms with E-state index in [9.17, 15) is 18.0 Å². The minimum Gasteiger partial charge on any atom is -0.369 e. The van der Waals surface area contributed by atoms with Crippen molar-refractivity contribution in [1.82, 2.24) is 23.6 Å². The average molecular weight is 573 g/mol. The number of thiophene rings is 1. The lowest BCUT2D eigenvalue weighted by Gasteiger charge is -2.20. The van der Waals surface area contributed by atoms with Gasteiger partial charge in [-0.2, -0.15) is 5.10 Å². The molecule has 0 radical (unpaired) electrons. The Morgan fingerprint density at radius 1 is 1.15 bits per heavy atom. The number of anilines is 1. The van der Waals surface area contributed by atoms with Crippen molar-refractivity contribution in [3.63, 3.8) is 0 Å². The number of hydrogen-bond acceptors (Lipinski definition) is 7. The molecule has 10 nitrogen and oxygen atoms in total. The smallest absolute Gasteiger partial charge is 0.332 e. The molecular weight excluding hydrogens is 543 g/mol. The van der Waals surface area contributed by atoms with Crippen LogP contribution in [0.5, 0.6) is 0 Å². The van der Waals surface area contributed by atoms with Crippen molar-refractivity contribution in [2.75, 3.05) is 11.9 Å². The summed E-state index contributed by atoms with van der Waals surface area (Å²) < 4.78 is 48.0. The number of aromatic nitrogens is 4. The van der Waals surface area contributed by atoms with Gasteiger partial charge in [-0.3, -0.25) is 18.6 Å². The highest BCUT2D eigenvalue weighted by Crippen LogP contribution is 2.37. The second-order valence-electron chi connectivity index (χ2n) is 10.9. The van der Waals surface area contributed by atoms with Crippen LogP contribution in [0, 0.1) is 5.82 Å². The normalized spacial score (nSPS) is 16.6. The van der Waals surface area contributed by atoms with Gasteiger partial charge in [0.25, 0.3) is 15.6 Å². The van der Waals surface area contributed by atoms with Gasteiger partial charge in [0, 0.05) is 37.4 Å². The molecule has 0 atom stereocenters. The van der Waals surface area contributed by atoms with Gasteiger partial charge in [-0.1, -0.05) is 6.07 Å². The molecule has 13 heteroatoms. The monoisotopic (exact) mass is 572 g/mol. The molecule has 1 N–H and O–H groups in total. The first kappa shape index (κ1) is 26.0. The predicted octanol–water partition coefficient (Wildman–Crippen LogP) is 2.62. The molecule has 2 aliphatic rings. The third-order valence-corrected chi connectivity index (χ3v) is 10.7. The largest absolute Gasteiger partial charge is 0.369 e. The zero-order chi connectivity index (χ0) is 27.7. The highest BCUT2D eigenvalue weighted by atomic mass is 32.2. The van der Waals surface area contributed by atoms with Crippen molar-refractivity contribution in [3.8, 4) is 0 Å². The lowest BCUT2D eigenvalue weighted by atomic mass is 10.1. The van der Waals surface area contributed by atoms with E-state index in [1.807, 2.05) is 18.9 Å². The molecule has 2 fully saturated rings. The lowest BCUT2D eigenvalue weighted by molar-refractivity contribution is 0.560. The second-order valence-corrected chi connectivity index (χ2v) is 13.8. The van der Waals surface area contributed by atoms with Crippen LogP contribution in [0.4, 0.5) is 10.1 Å². The van der Waals surface area contributed by atoms with E-state index < -0.39 is 32.6 Å². The molecule has 1 aromatic carbocycles. The SMILES string of the molecule is CN(c1ccc(Cn2c(=O)n(Cc3cnn(C)c3)c(=O)c3cc(S(=O)(=O)NC4(C)CC4)sc32)cc1F)C1CC1. The lowest BCUT2D eigenvalue weighted by Crippen LogP contribution is -2.40. The maximum absolute atomic E-state index is 15.1. The van der Waals surface area contributed by atoms with E-state index in [-0.39, 0.29) is 27.5 Å². The highest BCUT2D eigenvalue weighted by molar-refractivity contribution is 7.91. The highest BCUT2D eigenvalue weighted by Gasteiger charge is 2.42. The Morgan fingerprint density at radius 3 is 2.49 bits per heavy atom. The van der Waals surface area contributed by atoms with Gasteiger partial charge in [0.2, 0.25) is 0 Å². The van der Waals surface area contributed by atoms with Gasteiger partial charge in [-0.05, 0) is 56.4 Å². The molecule has 0 spiro atoms. The molecule has 0 bridgehead atoms. The number of fused-ring (bicyclic) bond motifs is 1. The van der Waals surface area contributed by atoms with Crippen molar-refractivity contribution in [3.05, 3.63) is 74.4 Å². The van der Waals surface area contributed by atoms with Gasteiger partial charge < -0.3 is 4.90 Å². The summed E-state index contributed by atoms with van der Waals surface area (Å²) in [6.07, 6.45) is 6.79. The van der Waals surface area contributed by atoms with Crippen molar-refractivity contribution in [2.45, 2.75) is 61.5 Å². The Balaban J connectivity index is 1.46. The molecule has 2 aliphatic carbocycles. The van der Waals surface area contributed by atoms with Crippen LogP contribution in [-0.2, 0) is 30.2 Å². The number of nitrogens with zero attached hydrogens (tertiary/aromatic N) is 5. The molecule has 0 saturated heterocycles. The molecule has 0 aliphatic heterocycles. The van der Waals surface area contributed by atoms with E-state index in [1.165, 1.54) is 16.7 Å². The zero-order valence-corrected chi connectivity index (χ0v) is 23.5. The molecule has 3 aromatic heterocycles. The summed E-state index contributed by atoms with van der Waals surface area (Å²) in [6, 6.07) is 6.51. The maximum Gasteiger partial charge on any atom is 0.332 e. The molecule has 39 heavy (non-hydrogen) atoms. The van der Waals surface area contributed by atoms with Crippen LogP contribution in [0.1, 0.15) is 43.7 Å². The Morgan fingerprint density at radius 2 is 1.87 bits per heavy atom. The fourth-order valence-corrected chi connectivity index (χ4v) is 7.67. The van der Waals surface area contributed by atoms with Gasteiger partial charge in [0.1, 0.15) is 14.9 Å². The molecule has 2 saturated carbocycles. The Bertz CT molecular complexity index is 1830. The molecule has 206 valence electrons. The third-order valence-electron chi connectivity index (χ3n) is 7.44. The number of benzene rings is 1. The maximum atomic E-state index is 15.1. The number of sulfonamides is 1. The standard InChI is InChI=1S/C26H29FN6O4S2/c1-26(8-9-26)29-39(36,37)22-11-19-23(34)32(15-17-12-28-30(2)13-17)25(35)33(24(19)38-22)14-16-4-7-21(20(27)10-16)31(3)18-5-6-18/h4,7,10-13,18,29H,5-6,8-9,14-15H2,1-3H3. The first-order valence-corrected chi connectivity index (χ1v) is 15.0. The average Bonchev–Trinajstić information content (AvgIpc) is 3.76. The molecule has 0 amide bonds. The van der Waals surface area contributed by atoms with Crippen molar-refractivity contribution in [2.24, 2.45) is 7.05 Å². The van der Waals surface area contributed by atoms with Gasteiger partial charge in [0.15, 0.2) is 0 Å². The van der Waals surface area contributed by atoms with Crippen LogP contribution >= 0.6 is 11.3 Å². The number of nitrogens with one attached hydrogen (secondary N) is 1. The molecular formula is C26H29FN6O4S2. The Hall–Kier alpha value is -3.29. The summed E-state index contributed by atoms with van der Waals surface area (Å²) >= 11 is 0.871. The Kier molecular flexibility index (Phi) is 6.08. The van der Waals surface area contributed by atoms with Gasteiger partial charge >= 0.3 is 5.69 Å². The van der Waals surface area contributed by atoms with Crippen LogP contribution in [0.15, 0.2) is 50.5 Å². The van der Waals surface area contributed by atoms with E-state index in [2.05, 4.69) is 9.82 Å². The molecule has 4 aromatic rings. The quantitative estimate of drug-likeness (QED) is 0.330. The first-order chi connectivity index (χ1) is 18.4. The van der Waals surface area contributed by atoms with Gasteiger partial charge in [0.05, 0.1) is 30.4 Å². The van der Waals surface area contributed by atoms with Crippen LogP contribution < -0.4 is 20.9 Å². The first-order valence-electron chi connectivity index (χ1n) is 12.7. The fourth-order valence-electron chi connectivity index (χ4n) is 4.77. The van der Waals surface area contributed by atoms with Crippen LogP contribution in [0.25, 0.3) is 10.2 Å². The number of aryl methyl sites for hydroxylation is 1. The van der Waals surface area contributed by atoms with E-state index >= 15 is 4.39 Å². The van der Waals surface area contributed by atoms with Crippen LogP contribution in [-0.4, -0.2) is 46.0 Å². The number of halogens is 1. The molecule has 0 unspecified atom stereocenters. The van der Waals surface area contributed by atoms with Crippen LogP contribution in [0.2, 0.25) is 0 Å². The minimum atomic E-state index is -3.90. The van der Waals surface area contributed by atoms with Crippen molar-refractivity contribution in [1.29, 1.82) is 0 Å². The van der Waals surface area contributed by atoms with Crippen molar-refractivity contribution < 1.29 is 12.8 Å². The second kappa shape index (κ2) is 9.14. The van der Waals surface area contributed by atoms with Gasteiger partial charge in [-0.25, -0.2) is 22.3 Å². The van der Waals surface area contributed by atoms with E-state index in [4.69, 9.17) is 0 Å². The zero-order valence-electron chi connectivity index (χ0n) is 21.8. The summed E-state index contributed by atoms with van der Waals surface area (Å²) in [7, 11) is -0.308. The number of rotatable bonds is 9. The van der Waals surface area contributed by atoms with E-state index in [1.54, 1.807) is 36.3 Å². The van der Waals surface area contributed by atoms with Crippen molar-refractivity contribution >= 4 is 37.3 Å². The molecule has 3 heterocycles. The summed E-state index contributed by atoms with van der Waals surface area (Å²) in [6.45, 7) is 1.76. The summed E-state index contributed by atoms with van der Waals surface area (Å²) in [5.74, 6) is -0.397. The van der Waals surface area contributed by atoms with E-state index in [0.29, 0.717) is 22.9 Å². The minimum absolute atomic E-state index is 0.0296. The number of hydrogen-bond donors (Lipinski definition) is 1. The van der Waals surface area contributed by atoms with Gasteiger partial charge in [-0.15, -0.1) is 11.3 Å². The van der Waals surface area contributed by atoms with Crippen LogP contribution in [0.3, 0.4) is 0 Å². The third kappa shape index (κ3) is 4.94. The summed E-state index contributed by atoms with van der Waals surface area (Å²) in [4.78, 5) is 29.4. The predicted molar refractivity (Wildman–Crippen MR) is 148 cm³/mol. The van der Waals surface area contributed by atoms with E-state index in [0.717, 1.165) is 41.6 Å². The fraction of sp³-hybridized carbons (Fsp3) is 0.423. The summed E-state index contributed by atoms with van der Waals surface area (Å²) in [5.41, 5.74) is -0.0297. The Labute approximate surface area is 228 Å².